The van der Waals surface area contributed by atoms with Gasteiger partial charge in [-0.05, 0) is 92.3 Å². The smallest absolute Gasteiger partial charge is 0.260 e. The summed E-state index contributed by atoms with van der Waals surface area (Å²) in [5.41, 5.74) is 10.5. The monoisotopic (exact) mass is 706 g/mol. The van der Waals surface area contributed by atoms with Gasteiger partial charge in [0, 0.05) is 45.7 Å². The van der Waals surface area contributed by atoms with Crippen LogP contribution in [0.25, 0.3) is 0 Å². The molecule has 12 rings (SSSR count). The molecule has 0 aromatic heterocycles. The normalized spacial score (nSPS) is 14.6. The second kappa shape index (κ2) is 11.1. The molecular formula is C48H31BN2O2Si. The molecule has 0 N–H and O–H groups in total. The minimum atomic E-state index is -2.86. The number of fused-ring (bicyclic) bond motifs is 12. The van der Waals surface area contributed by atoms with Crippen molar-refractivity contribution >= 4 is 86.0 Å². The third kappa shape index (κ3) is 3.87. The van der Waals surface area contributed by atoms with Gasteiger partial charge in [0.2, 0.25) is 0 Å². The van der Waals surface area contributed by atoms with Crippen LogP contribution in [0.4, 0.5) is 34.1 Å². The van der Waals surface area contributed by atoms with Gasteiger partial charge in [0.05, 0.1) is 0 Å². The average molecular weight is 707 g/mol. The SMILES string of the molecule is c1ccc(N2c3ccccc3[Si]3(c4ccccc42)c2ccccc2N(c2ccc4c(c2)Oc2cccc5c2B4c2ccccc2O5)c2ccccc23)cc1. The number of benzene rings is 8. The van der Waals surface area contributed by atoms with Crippen LogP contribution in [0.1, 0.15) is 0 Å². The first-order valence-electron chi connectivity index (χ1n) is 18.6. The standard InChI is InChI=1S/C48H31BN2O2Si/c1-2-15-32(16-3-1)50-36-18-5-10-25-44(36)54(45-26-11-6-19-37(45)50)46-27-12-7-20-38(46)51(39-21-8-13-28-47(39)54)33-29-30-35-43(31-33)53-42-24-14-23-41-48(42)49(35)34-17-4-9-22-40(34)52-41/h1-31H. The maximum Gasteiger partial charge on any atom is 0.260 e. The summed E-state index contributed by atoms with van der Waals surface area (Å²) in [6.07, 6.45) is 0. The number of para-hydroxylation sites is 6. The van der Waals surface area contributed by atoms with Gasteiger partial charge in [0.1, 0.15) is 23.0 Å². The molecule has 54 heavy (non-hydrogen) atoms. The maximum absolute atomic E-state index is 6.80. The number of ether oxygens (including phenoxy) is 2. The summed E-state index contributed by atoms with van der Waals surface area (Å²) >= 11 is 0. The van der Waals surface area contributed by atoms with E-state index >= 15 is 0 Å². The molecule has 1 spiro atoms. The van der Waals surface area contributed by atoms with Gasteiger partial charge in [0.25, 0.3) is 6.71 Å². The zero-order chi connectivity index (χ0) is 35.4. The molecule has 4 heterocycles. The van der Waals surface area contributed by atoms with Crippen LogP contribution in [-0.2, 0) is 0 Å². The van der Waals surface area contributed by atoms with E-state index in [2.05, 4.69) is 180 Å². The number of hydrogen-bond acceptors (Lipinski definition) is 4. The number of nitrogens with zero attached hydrogens (tertiary/aromatic N) is 2. The molecule has 0 amide bonds. The minimum absolute atomic E-state index is 0.0263. The van der Waals surface area contributed by atoms with Gasteiger partial charge in [-0.25, -0.2) is 0 Å². The Hall–Kier alpha value is -6.76. The van der Waals surface area contributed by atoms with Crippen molar-refractivity contribution in [2.45, 2.75) is 0 Å². The van der Waals surface area contributed by atoms with Crippen LogP contribution in [0, 0.1) is 0 Å². The van der Waals surface area contributed by atoms with Crippen LogP contribution in [0.5, 0.6) is 23.0 Å². The topological polar surface area (TPSA) is 24.9 Å². The lowest BCUT2D eigenvalue weighted by atomic mass is 9.35. The molecule has 0 aliphatic carbocycles. The van der Waals surface area contributed by atoms with Crippen LogP contribution in [0.3, 0.4) is 0 Å². The first-order valence-corrected chi connectivity index (χ1v) is 20.6. The second-order valence-electron chi connectivity index (χ2n) is 14.4. The molecule has 4 aliphatic rings. The summed E-state index contributed by atoms with van der Waals surface area (Å²) in [6.45, 7) is 0.0263. The molecule has 0 fully saturated rings. The number of rotatable bonds is 2. The van der Waals surface area contributed by atoms with Gasteiger partial charge >= 0.3 is 0 Å². The van der Waals surface area contributed by atoms with Gasteiger partial charge in [-0.1, -0.05) is 121 Å². The third-order valence-electron chi connectivity index (χ3n) is 11.8. The summed E-state index contributed by atoms with van der Waals surface area (Å²) in [5.74, 6) is 3.48. The first kappa shape index (κ1) is 29.8. The maximum atomic E-state index is 6.80. The quantitative estimate of drug-likeness (QED) is 0.176. The highest BCUT2D eigenvalue weighted by Crippen LogP contribution is 2.45. The van der Waals surface area contributed by atoms with Crippen molar-refractivity contribution in [3.63, 3.8) is 0 Å². The molecule has 0 saturated carbocycles. The van der Waals surface area contributed by atoms with E-state index in [0.717, 1.165) is 50.8 Å². The summed E-state index contributed by atoms with van der Waals surface area (Å²) < 4.78 is 13.2. The number of hydrogen-bond donors (Lipinski definition) is 0. The van der Waals surface area contributed by atoms with Crippen molar-refractivity contribution in [1.29, 1.82) is 0 Å². The van der Waals surface area contributed by atoms with Crippen molar-refractivity contribution < 1.29 is 9.47 Å². The van der Waals surface area contributed by atoms with Crippen LogP contribution < -0.4 is 56.4 Å². The van der Waals surface area contributed by atoms with Gasteiger partial charge in [-0.3, -0.25) is 0 Å². The summed E-state index contributed by atoms with van der Waals surface area (Å²) in [6, 6.07) is 68.5. The zero-order valence-electron chi connectivity index (χ0n) is 29.2. The largest absolute Gasteiger partial charge is 0.458 e. The lowest BCUT2D eigenvalue weighted by molar-refractivity contribution is 0.464. The Bertz CT molecular complexity index is 2740. The predicted molar refractivity (Wildman–Crippen MR) is 224 cm³/mol. The van der Waals surface area contributed by atoms with Crippen molar-refractivity contribution in [2.75, 3.05) is 9.80 Å². The Morgan fingerprint density at radius 1 is 0.352 bits per heavy atom. The molecule has 0 unspecified atom stereocenters. The van der Waals surface area contributed by atoms with Gasteiger partial charge < -0.3 is 19.3 Å². The van der Waals surface area contributed by atoms with Crippen molar-refractivity contribution in [3.05, 3.63) is 188 Å². The minimum Gasteiger partial charge on any atom is -0.458 e. The third-order valence-corrected chi connectivity index (χ3v) is 16.7. The molecule has 0 saturated heterocycles. The average Bonchev–Trinajstić information content (AvgIpc) is 3.24. The van der Waals surface area contributed by atoms with E-state index in [1.807, 2.05) is 18.2 Å². The van der Waals surface area contributed by atoms with Gasteiger partial charge in [-0.15, -0.1) is 0 Å². The molecule has 4 nitrogen and oxygen atoms in total. The molecule has 0 bridgehead atoms. The van der Waals surface area contributed by atoms with Crippen LogP contribution in [0.2, 0.25) is 0 Å². The van der Waals surface area contributed by atoms with Crippen LogP contribution in [-0.4, -0.2) is 14.8 Å². The molecule has 8 aromatic rings. The van der Waals surface area contributed by atoms with E-state index in [1.165, 1.54) is 43.5 Å². The fourth-order valence-corrected chi connectivity index (χ4v) is 15.2. The van der Waals surface area contributed by atoms with E-state index < -0.39 is 8.07 Å². The van der Waals surface area contributed by atoms with E-state index in [-0.39, 0.29) is 6.71 Å². The molecular weight excluding hydrogens is 675 g/mol. The Balaban J connectivity index is 1.09. The van der Waals surface area contributed by atoms with Gasteiger partial charge in [-0.2, -0.15) is 0 Å². The molecule has 6 heteroatoms. The molecule has 8 aromatic carbocycles. The van der Waals surface area contributed by atoms with Crippen LogP contribution in [0.15, 0.2) is 188 Å². The van der Waals surface area contributed by atoms with Crippen molar-refractivity contribution in [3.8, 4) is 23.0 Å². The summed E-state index contributed by atoms with van der Waals surface area (Å²) in [5, 5.41) is 5.55. The lowest BCUT2D eigenvalue weighted by Crippen LogP contribution is -2.79. The Morgan fingerprint density at radius 2 is 0.796 bits per heavy atom. The van der Waals surface area contributed by atoms with Gasteiger partial charge in [0.15, 0.2) is 8.07 Å². The van der Waals surface area contributed by atoms with E-state index in [4.69, 9.17) is 9.47 Å². The van der Waals surface area contributed by atoms with Crippen molar-refractivity contribution in [2.24, 2.45) is 0 Å². The molecule has 0 atom stereocenters. The molecule has 0 radical (unpaired) electrons. The zero-order valence-corrected chi connectivity index (χ0v) is 30.2. The van der Waals surface area contributed by atoms with Crippen LogP contribution >= 0.6 is 0 Å². The fourth-order valence-electron chi connectivity index (χ4n) is 9.71. The second-order valence-corrected chi connectivity index (χ2v) is 18.0. The Morgan fingerprint density at radius 3 is 1.39 bits per heavy atom. The summed E-state index contributed by atoms with van der Waals surface area (Å²) in [7, 11) is -2.86. The highest BCUT2D eigenvalue weighted by molar-refractivity contribution is 7.23. The predicted octanol–water partition coefficient (Wildman–Crippen LogP) is 7.36. The Labute approximate surface area is 315 Å². The highest BCUT2D eigenvalue weighted by atomic mass is 28.3. The van der Waals surface area contributed by atoms with E-state index in [0.29, 0.717) is 0 Å². The molecule has 252 valence electrons. The first-order chi connectivity index (χ1) is 26.8. The lowest BCUT2D eigenvalue weighted by Gasteiger charge is -2.50. The van der Waals surface area contributed by atoms with E-state index in [9.17, 15) is 0 Å². The number of anilines is 6. The fraction of sp³-hybridized carbons (Fsp3) is 0. The molecule has 4 aliphatic heterocycles. The highest BCUT2D eigenvalue weighted by Gasteiger charge is 2.54. The summed E-state index contributed by atoms with van der Waals surface area (Å²) in [4.78, 5) is 4.92. The Kier molecular flexibility index (Phi) is 6.13. The van der Waals surface area contributed by atoms with E-state index in [1.54, 1.807) is 0 Å². The van der Waals surface area contributed by atoms with Crippen molar-refractivity contribution in [1.82, 2.24) is 0 Å².